The van der Waals surface area contributed by atoms with Gasteiger partial charge in [0.2, 0.25) is 0 Å². The van der Waals surface area contributed by atoms with E-state index in [-0.39, 0.29) is 0 Å². The third kappa shape index (κ3) is 2.18. The third-order valence-corrected chi connectivity index (χ3v) is 2.36. The van der Waals surface area contributed by atoms with E-state index >= 15 is 0 Å². The normalized spacial score (nSPS) is 10.5. The summed E-state index contributed by atoms with van der Waals surface area (Å²) in [5.41, 5.74) is 6.39. The average Bonchev–Trinajstić information content (AvgIpc) is 2.64. The minimum Gasteiger partial charge on any atom is -0.448 e. The molecule has 0 aromatic carbocycles. The van der Waals surface area contributed by atoms with Gasteiger partial charge < -0.3 is 10.2 Å². The van der Waals surface area contributed by atoms with Crippen molar-refractivity contribution in [2.75, 3.05) is 5.73 Å². The van der Waals surface area contributed by atoms with Gasteiger partial charge in [0.15, 0.2) is 10.4 Å². The molecule has 0 saturated heterocycles. The van der Waals surface area contributed by atoms with E-state index in [0.29, 0.717) is 21.9 Å². The highest BCUT2D eigenvalue weighted by Gasteiger charge is 2.07. The predicted molar refractivity (Wildman–Crippen MR) is 61.2 cm³/mol. The Kier molecular flexibility index (Phi) is 2.73. The Morgan fingerprint density at radius 3 is 2.80 bits per heavy atom. The minimum absolute atomic E-state index is 0.462. The summed E-state index contributed by atoms with van der Waals surface area (Å²) in [4.78, 5) is 8.43. The van der Waals surface area contributed by atoms with Crippen LogP contribution in [0.25, 0.3) is 11.5 Å². The second-order valence-electron chi connectivity index (χ2n) is 3.05. The Hall–Kier alpha value is -1.36. The van der Waals surface area contributed by atoms with Crippen molar-refractivity contribution in [3.8, 4) is 11.5 Å². The maximum Gasteiger partial charge on any atom is 0.169 e. The van der Waals surface area contributed by atoms with Crippen LogP contribution in [0.15, 0.2) is 27.3 Å². The topological polar surface area (TPSA) is 64.9 Å². The van der Waals surface area contributed by atoms with Crippen molar-refractivity contribution in [1.82, 2.24) is 9.97 Å². The zero-order valence-corrected chi connectivity index (χ0v) is 9.78. The van der Waals surface area contributed by atoms with E-state index < -0.39 is 0 Å². The fraction of sp³-hybridized carbons (Fsp3) is 0.200. The van der Waals surface area contributed by atoms with E-state index in [9.17, 15) is 0 Å². The van der Waals surface area contributed by atoms with Gasteiger partial charge in [-0.25, -0.2) is 9.97 Å². The van der Waals surface area contributed by atoms with Crippen LogP contribution in [0.1, 0.15) is 12.7 Å². The molecule has 0 unspecified atom stereocenters. The van der Waals surface area contributed by atoms with Crippen LogP contribution in [0.4, 0.5) is 5.82 Å². The van der Waals surface area contributed by atoms with Crippen molar-refractivity contribution >= 4 is 21.7 Å². The number of furan rings is 1. The molecule has 2 aromatic heterocycles. The fourth-order valence-corrected chi connectivity index (χ4v) is 1.56. The number of nitrogens with two attached hydrogens (primary N) is 1. The van der Waals surface area contributed by atoms with Crippen LogP contribution in [0, 0.1) is 0 Å². The number of anilines is 1. The summed E-state index contributed by atoms with van der Waals surface area (Å²) in [5.74, 6) is 1.87. The number of hydrogen-bond acceptors (Lipinski definition) is 4. The van der Waals surface area contributed by atoms with Gasteiger partial charge in [0.05, 0.1) is 0 Å². The Morgan fingerprint density at radius 2 is 2.20 bits per heavy atom. The van der Waals surface area contributed by atoms with Crippen LogP contribution in [0.2, 0.25) is 0 Å². The van der Waals surface area contributed by atoms with Gasteiger partial charge in [-0.3, -0.25) is 0 Å². The first kappa shape index (κ1) is 10.2. The van der Waals surface area contributed by atoms with Gasteiger partial charge in [0.1, 0.15) is 17.3 Å². The highest BCUT2D eigenvalue weighted by atomic mass is 79.9. The monoisotopic (exact) mass is 267 g/mol. The molecule has 0 amide bonds. The molecular weight excluding hydrogens is 258 g/mol. The number of nitrogen functional groups attached to an aromatic ring is 1. The van der Waals surface area contributed by atoms with E-state index in [2.05, 4.69) is 25.9 Å². The largest absolute Gasteiger partial charge is 0.448 e. The molecule has 0 spiro atoms. The van der Waals surface area contributed by atoms with Gasteiger partial charge >= 0.3 is 0 Å². The van der Waals surface area contributed by atoms with Crippen molar-refractivity contribution in [3.63, 3.8) is 0 Å². The number of halogens is 1. The standard InChI is InChI=1S/C10H10BrN3O/c1-2-10-13-6(5-9(12)14-10)7-3-4-8(11)15-7/h3-5H,2H2,1H3,(H2,12,13,14). The van der Waals surface area contributed by atoms with Gasteiger partial charge in [-0.05, 0) is 28.1 Å². The first-order valence-electron chi connectivity index (χ1n) is 4.58. The fourth-order valence-electron chi connectivity index (χ4n) is 1.25. The molecule has 0 radical (unpaired) electrons. The molecule has 2 aromatic rings. The first-order valence-corrected chi connectivity index (χ1v) is 5.37. The van der Waals surface area contributed by atoms with E-state index in [1.54, 1.807) is 6.07 Å². The summed E-state index contributed by atoms with van der Waals surface area (Å²) in [7, 11) is 0. The average molecular weight is 268 g/mol. The number of aryl methyl sites for hydroxylation is 1. The summed E-state index contributed by atoms with van der Waals surface area (Å²) < 4.78 is 6.07. The lowest BCUT2D eigenvalue weighted by Gasteiger charge is -2.01. The summed E-state index contributed by atoms with van der Waals surface area (Å²) in [6.07, 6.45) is 0.750. The lowest BCUT2D eigenvalue weighted by atomic mass is 10.3. The van der Waals surface area contributed by atoms with Crippen LogP contribution in [-0.4, -0.2) is 9.97 Å². The van der Waals surface area contributed by atoms with E-state index in [1.165, 1.54) is 0 Å². The lowest BCUT2D eigenvalue weighted by molar-refractivity contribution is 0.553. The van der Waals surface area contributed by atoms with E-state index in [0.717, 1.165) is 12.2 Å². The van der Waals surface area contributed by atoms with E-state index in [4.69, 9.17) is 10.2 Å². The molecule has 0 aliphatic carbocycles. The summed E-state index contributed by atoms with van der Waals surface area (Å²) in [6.45, 7) is 1.98. The van der Waals surface area contributed by atoms with Gasteiger partial charge in [0, 0.05) is 12.5 Å². The maximum atomic E-state index is 5.67. The molecule has 0 aliphatic heterocycles. The Bertz CT molecular complexity index is 481. The molecule has 0 saturated carbocycles. The molecule has 4 nitrogen and oxygen atoms in total. The minimum atomic E-state index is 0.462. The Balaban J connectivity index is 2.48. The number of hydrogen-bond donors (Lipinski definition) is 1. The van der Waals surface area contributed by atoms with Crippen LogP contribution in [-0.2, 0) is 6.42 Å². The van der Waals surface area contributed by atoms with Crippen LogP contribution in [0.3, 0.4) is 0 Å². The smallest absolute Gasteiger partial charge is 0.169 e. The van der Waals surface area contributed by atoms with Gasteiger partial charge in [-0.1, -0.05) is 6.92 Å². The Labute approximate surface area is 95.7 Å². The maximum absolute atomic E-state index is 5.67. The molecule has 78 valence electrons. The SMILES string of the molecule is CCc1nc(N)cc(-c2ccc(Br)o2)n1. The van der Waals surface area contributed by atoms with Crippen molar-refractivity contribution in [1.29, 1.82) is 0 Å². The molecule has 0 fully saturated rings. The molecule has 0 atom stereocenters. The zero-order chi connectivity index (χ0) is 10.8. The molecule has 15 heavy (non-hydrogen) atoms. The molecule has 5 heteroatoms. The highest BCUT2D eigenvalue weighted by molar-refractivity contribution is 9.10. The number of nitrogens with zero attached hydrogens (tertiary/aromatic N) is 2. The zero-order valence-electron chi connectivity index (χ0n) is 8.20. The van der Waals surface area contributed by atoms with Crippen LogP contribution in [0.5, 0.6) is 0 Å². The molecule has 2 N–H and O–H groups in total. The van der Waals surface area contributed by atoms with Crippen molar-refractivity contribution in [3.05, 3.63) is 28.7 Å². The number of rotatable bonds is 2. The van der Waals surface area contributed by atoms with Gasteiger partial charge in [0.25, 0.3) is 0 Å². The predicted octanol–water partition coefficient (Wildman–Crippen LogP) is 2.64. The second-order valence-corrected chi connectivity index (χ2v) is 3.83. The Morgan fingerprint density at radius 1 is 1.40 bits per heavy atom. The molecule has 0 aliphatic rings. The lowest BCUT2D eigenvalue weighted by Crippen LogP contribution is -1.99. The second kappa shape index (κ2) is 4.02. The van der Waals surface area contributed by atoms with Gasteiger partial charge in [-0.2, -0.15) is 0 Å². The molecule has 2 heterocycles. The van der Waals surface area contributed by atoms with Crippen molar-refractivity contribution in [2.24, 2.45) is 0 Å². The molecule has 2 rings (SSSR count). The van der Waals surface area contributed by atoms with Crippen molar-refractivity contribution < 1.29 is 4.42 Å². The van der Waals surface area contributed by atoms with E-state index in [1.807, 2.05) is 19.1 Å². The highest BCUT2D eigenvalue weighted by Crippen LogP contribution is 2.24. The van der Waals surface area contributed by atoms with Crippen LogP contribution < -0.4 is 5.73 Å². The molecule has 0 bridgehead atoms. The third-order valence-electron chi connectivity index (χ3n) is 1.93. The number of aromatic nitrogens is 2. The summed E-state index contributed by atoms with van der Waals surface area (Å²) in [5, 5.41) is 0. The van der Waals surface area contributed by atoms with Crippen LogP contribution >= 0.6 is 15.9 Å². The van der Waals surface area contributed by atoms with Gasteiger partial charge in [-0.15, -0.1) is 0 Å². The quantitative estimate of drug-likeness (QED) is 0.909. The first-order chi connectivity index (χ1) is 7.19. The summed E-state index contributed by atoms with van der Waals surface area (Å²) >= 11 is 3.24. The van der Waals surface area contributed by atoms with Crippen molar-refractivity contribution in [2.45, 2.75) is 13.3 Å². The molecular formula is C10H10BrN3O. The summed E-state index contributed by atoms with van der Waals surface area (Å²) in [6, 6.07) is 5.36.